The summed E-state index contributed by atoms with van der Waals surface area (Å²) in [5, 5.41) is -0.751. The Kier molecular flexibility index (Phi) is 4.99. The number of nitrogens with zero attached hydrogens (tertiary/aromatic N) is 3. The summed E-state index contributed by atoms with van der Waals surface area (Å²) in [7, 11) is -3.70. The Hall–Kier alpha value is -3.17. The second-order valence-electron chi connectivity index (χ2n) is 7.53. The van der Waals surface area contributed by atoms with Gasteiger partial charge in [-0.15, -0.1) is 0 Å². The summed E-state index contributed by atoms with van der Waals surface area (Å²) < 4.78 is 38.5. The van der Waals surface area contributed by atoms with Gasteiger partial charge in [0.15, 0.2) is 9.84 Å². The van der Waals surface area contributed by atoms with Crippen LogP contribution in [-0.4, -0.2) is 51.3 Å². The summed E-state index contributed by atoms with van der Waals surface area (Å²) in [5.74, 6) is 0.785. The first-order valence-electron chi connectivity index (χ1n) is 10.0. The normalized spacial score (nSPS) is 18.5. The molecular weight excluding hydrogens is 416 g/mol. The van der Waals surface area contributed by atoms with E-state index < -0.39 is 15.1 Å². The number of hydrogen-bond acceptors (Lipinski definition) is 8. The molecule has 31 heavy (non-hydrogen) atoms. The maximum Gasteiger partial charge on any atom is 0.219 e. The summed E-state index contributed by atoms with van der Waals surface area (Å²) in [6, 6.07) is 12.7. The van der Waals surface area contributed by atoms with Crippen LogP contribution in [0.1, 0.15) is 10.8 Å². The van der Waals surface area contributed by atoms with Gasteiger partial charge in [0.1, 0.15) is 17.6 Å². The molecule has 0 spiro atoms. The molecule has 1 atom stereocenters. The molecule has 2 N–H and O–H groups in total. The number of benzene rings is 2. The van der Waals surface area contributed by atoms with E-state index >= 15 is 0 Å². The molecule has 5 rings (SSSR count). The molecule has 1 unspecified atom stereocenters. The van der Waals surface area contributed by atoms with Crippen LogP contribution < -0.4 is 15.4 Å². The van der Waals surface area contributed by atoms with Crippen LogP contribution in [0.2, 0.25) is 0 Å². The van der Waals surface area contributed by atoms with E-state index in [9.17, 15) is 8.42 Å². The highest BCUT2D eigenvalue weighted by Crippen LogP contribution is 2.41. The maximum absolute atomic E-state index is 13.7. The van der Waals surface area contributed by atoms with E-state index in [1.54, 1.807) is 30.6 Å². The van der Waals surface area contributed by atoms with Crippen LogP contribution >= 0.6 is 0 Å². The molecule has 3 heterocycles. The zero-order valence-electron chi connectivity index (χ0n) is 16.8. The van der Waals surface area contributed by atoms with Gasteiger partial charge in [0.25, 0.3) is 0 Å². The average Bonchev–Trinajstić information content (AvgIpc) is 3.25. The lowest BCUT2D eigenvalue weighted by molar-refractivity contribution is 0.122. The predicted molar refractivity (Wildman–Crippen MR) is 117 cm³/mol. The van der Waals surface area contributed by atoms with Gasteiger partial charge in [0.2, 0.25) is 5.95 Å². The van der Waals surface area contributed by atoms with Gasteiger partial charge < -0.3 is 20.1 Å². The van der Waals surface area contributed by atoms with E-state index in [4.69, 9.17) is 15.2 Å². The standard InChI is InChI=1S/C22H22N4O4S/c23-22-24-12-16(13-25-22)15-9-17(26-5-7-29-8-6-26)11-18(10-15)31(27,28)21-14-30-20-4-2-1-3-19(20)21/h1-4,9-13,21H,5-8,14H2,(H2,23,24,25). The highest BCUT2D eigenvalue weighted by molar-refractivity contribution is 7.91. The van der Waals surface area contributed by atoms with Crippen molar-refractivity contribution in [1.29, 1.82) is 0 Å². The topological polar surface area (TPSA) is 108 Å². The van der Waals surface area contributed by atoms with E-state index in [0.717, 1.165) is 11.3 Å². The van der Waals surface area contributed by atoms with E-state index in [-0.39, 0.29) is 17.5 Å². The van der Waals surface area contributed by atoms with E-state index in [2.05, 4.69) is 14.9 Å². The highest BCUT2D eigenvalue weighted by Gasteiger charge is 2.36. The number of fused-ring (bicyclic) bond motifs is 1. The average molecular weight is 439 g/mol. The van der Waals surface area contributed by atoms with Crippen molar-refractivity contribution in [2.75, 3.05) is 43.5 Å². The minimum atomic E-state index is -3.70. The largest absolute Gasteiger partial charge is 0.492 e. The van der Waals surface area contributed by atoms with Gasteiger partial charge in [-0.05, 0) is 29.8 Å². The number of sulfone groups is 1. The van der Waals surface area contributed by atoms with Crippen molar-refractivity contribution >= 4 is 21.5 Å². The maximum atomic E-state index is 13.7. The Morgan fingerprint density at radius 2 is 1.74 bits per heavy atom. The molecule has 2 aromatic carbocycles. The van der Waals surface area contributed by atoms with Crippen molar-refractivity contribution < 1.29 is 17.9 Å². The molecule has 2 aliphatic rings. The molecule has 0 aliphatic carbocycles. The van der Waals surface area contributed by atoms with Gasteiger partial charge in [-0.1, -0.05) is 18.2 Å². The van der Waals surface area contributed by atoms with Gasteiger partial charge in [-0.25, -0.2) is 18.4 Å². The third-order valence-electron chi connectivity index (χ3n) is 5.63. The first-order valence-corrected chi connectivity index (χ1v) is 11.6. The molecule has 8 nitrogen and oxygen atoms in total. The number of hydrogen-bond donors (Lipinski definition) is 1. The van der Waals surface area contributed by atoms with Crippen LogP contribution in [0.15, 0.2) is 59.8 Å². The Balaban J connectivity index is 1.62. The summed E-state index contributed by atoms with van der Waals surface area (Å²) in [5.41, 5.74) is 8.55. The third-order valence-corrected chi connectivity index (χ3v) is 7.66. The number of rotatable bonds is 4. The molecule has 160 valence electrons. The van der Waals surface area contributed by atoms with Crippen LogP contribution in [0.5, 0.6) is 5.75 Å². The van der Waals surface area contributed by atoms with Crippen molar-refractivity contribution in [2.24, 2.45) is 0 Å². The van der Waals surface area contributed by atoms with Gasteiger partial charge in [-0.2, -0.15) is 0 Å². The van der Waals surface area contributed by atoms with Crippen LogP contribution in [0, 0.1) is 0 Å². The molecule has 9 heteroatoms. The third kappa shape index (κ3) is 3.70. The van der Waals surface area contributed by atoms with Crippen LogP contribution in [0.25, 0.3) is 11.1 Å². The quantitative estimate of drug-likeness (QED) is 0.662. The van der Waals surface area contributed by atoms with Crippen molar-refractivity contribution in [2.45, 2.75) is 10.1 Å². The zero-order chi connectivity index (χ0) is 21.4. The highest BCUT2D eigenvalue weighted by atomic mass is 32.2. The minimum Gasteiger partial charge on any atom is -0.492 e. The fourth-order valence-corrected chi connectivity index (χ4v) is 5.64. The number of anilines is 2. The zero-order valence-corrected chi connectivity index (χ0v) is 17.6. The molecule has 0 bridgehead atoms. The Morgan fingerprint density at radius 3 is 2.52 bits per heavy atom. The van der Waals surface area contributed by atoms with Gasteiger partial charge in [0.05, 0.1) is 18.1 Å². The smallest absolute Gasteiger partial charge is 0.219 e. The van der Waals surface area contributed by atoms with E-state index in [1.807, 2.05) is 24.3 Å². The van der Waals surface area contributed by atoms with Gasteiger partial charge in [-0.3, -0.25) is 0 Å². The fraction of sp³-hybridized carbons (Fsp3) is 0.273. The predicted octanol–water partition coefficient (Wildman–Crippen LogP) is 2.47. The number of para-hydroxylation sites is 1. The van der Waals surface area contributed by atoms with E-state index in [1.165, 1.54) is 0 Å². The lowest BCUT2D eigenvalue weighted by Crippen LogP contribution is -2.36. The Labute approximate surface area is 180 Å². The molecule has 1 fully saturated rings. The monoisotopic (exact) mass is 438 g/mol. The molecule has 2 aliphatic heterocycles. The number of ether oxygens (including phenoxy) is 2. The molecule has 0 saturated carbocycles. The summed E-state index contributed by atoms with van der Waals surface area (Å²) in [6.45, 7) is 2.68. The number of aromatic nitrogens is 2. The van der Waals surface area contributed by atoms with Crippen LogP contribution in [0.3, 0.4) is 0 Å². The fourth-order valence-electron chi connectivity index (χ4n) is 3.96. The minimum absolute atomic E-state index is 0.101. The second-order valence-corrected chi connectivity index (χ2v) is 9.66. The number of nitrogens with two attached hydrogens (primary N) is 1. The lowest BCUT2D eigenvalue weighted by atomic mass is 10.1. The van der Waals surface area contributed by atoms with Gasteiger partial charge in [0, 0.05) is 42.3 Å². The van der Waals surface area contributed by atoms with Crippen molar-refractivity contribution in [3.05, 3.63) is 60.4 Å². The first-order chi connectivity index (χ1) is 15.0. The summed E-state index contributed by atoms with van der Waals surface area (Å²) in [6.07, 6.45) is 3.20. The summed E-state index contributed by atoms with van der Waals surface area (Å²) >= 11 is 0. The number of nitrogen functional groups attached to an aromatic ring is 1. The van der Waals surface area contributed by atoms with E-state index in [0.29, 0.717) is 43.2 Å². The van der Waals surface area contributed by atoms with Crippen LogP contribution in [0.4, 0.5) is 11.6 Å². The molecular formula is C22H22N4O4S. The van der Waals surface area contributed by atoms with Crippen LogP contribution in [-0.2, 0) is 14.6 Å². The second kappa shape index (κ2) is 7.82. The molecule has 1 saturated heterocycles. The van der Waals surface area contributed by atoms with Crippen molar-refractivity contribution in [1.82, 2.24) is 9.97 Å². The Morgan fingerprint density at radius 1 is 1.00 bits per heavy atom. The number of morpholine rings is 1. The first kappa shape index (κ1) is 19.8. The molecule has 0 radical (unpaired) electrons. The summed E-state index contributed by atoms with van der Waals surface area (Å²) in [4.78, 5) is 10.5. The SMILES string of the molecule is Nc1ncc(-c2cc(N3CCOCC3)cc(S(=O)(=O)C3COc4ccccc43)c2)cn1. The lowest BCUT2D eigenvalue weighted by Gasteiger charge is -2.29. The van der Waals surface area contributed by atoms with Gasteiger partial charge >= 0.3 is 0 Å². The van der Waals surface area contributed by atoms with Crippen molar-refractivity contribution in [3.8, 4) is 16.9 Å². The molecule has 0 amide bonds. The van der Waals surface area contributed by atoms with Crippen molar-refractivity contribution in [3.63, 3.8) is 0 Å². The Bertz CT molecular complexity index is 1210. The molecule has 3 aromatic rings. The molecule has 1 aromatic heterocycles.